The van der Waals surface area contributed by atoms with Crippen LogP contribution in [0, 0.1) is 19.7 Å². The molecule has 0 bridgehead atoms. The number of anilines is 1. The Morgan fingerprint density at radius 2 is 2.00 bits per heavy atom. The van der Waals surface area contributed by atoms with Crippen molar-refractivity contribution < 1.29 is 4.39 Å². The summed E-state index contributed by atoms with van der Waals surface area (Å²) in [4.78, 5) is 8.09. The van der Waals surface area contributed by atoms with E-state index in [0.29, 0.717) is 16.4 Å². The Balaban J connectivity index is 2.57. The van der Waals surface area contributed by atoms with Gasteiger partial charge in [-0.15, -0.1) is 0 Å². The van der Waals surface area contributed by atoms with Crippen LogP contribution in [-0.4, -0.2) is 9.97 Å². The molecule has 0 aliphatic carbocycles. The van der Waals surface area contributed by atoms with E-state index in [1.54, 1.807) is 13.0 Å². The molecule has 0 unspecified atom stereocenters. The van der Waals surface area contributed by atoms with E-state index in [1.165, 1.54) is 0 Å². The van der Waals surface area contributed by atoms with Gasteiger partial charge in [0.15, 0.2) is 17.5 Å². The average Bonchev–Trinajstić information content (AvgIpc) is 2.36. The number of benzene rings is 1. The Labute approximate surface area is 109 Å². The second-order valence-corrected chi connectivity index (χ2v) is 4.31. The molecule has 2 aromatic rings. The van der Waals surface area contributed by atoms with Gasteiger partial charge in [-0.05, 0) is 25.5 Å². The first-order valence-corrected chi connectivity index (χ1v) is 5.68. The quantitative estimate of drug-likeness (QED) is 0.648. The number of rotatable bonds is 2. The molecule has 1 aromatic carbocycles. The minimum atomic E-state index is -0.556. The number of aryl methyl sites for hydroxylation is 2. The lowest BCUT2D eigenvalue weighted by molar-refractivity contribution is 0.606. The zero-order valence-corrected chi connectivity index (χ0v) is 10.7. The first-order valence-electron chi connectivity index (χ1n) is 5.30. The van der Waals surface area contributed by atoms with Gasteiger partial charge in [0.2, 0.25) is 0 Å². The highest BCUT2D eigenvalue weighted by atomic mass is 35.5. The van der Waals surface area contributed by atoms with E-state index in [2.05, 4.69) is 15.4 Å². The third-order valence-electron chi connectivity index (χ3n) is 2.58. The van der Waals surface area contributed by atoms with Crippen LogP contribution in [0.1, 0.15) is 11.3 Å². The molecular formula is C12H12ClFN4. The molecule has 0 spiro atoms. The fraction of sp³-hybridized carbons (Fsp3) is 0.167. The zero-order chi connectivity index (χ0) is 13.3. The molecule has 4 nitrogen and oxygen atoms in total. The summed E-state index contributed by atoms with van der Waals surface area (Å²) in [5.74, 6) is 5.00. The maximum Gasteiger partial charge on any atom is 0.187 e. The van der Waals surface area contributed by atoms with E-state index in [0.717, 1.165) is 5.56 Å². The first-order chi connectivity index (χ1) is 8.52. The van der Waals surface area contributed by atoms with Gasteiger partial charge in [-0.1, -0.05) is 23.7 Å². The second-order valence-electron chi connectivity index (χ2n) is 3.90. The van der Waals surface area contributed by atoms with Crippen molar-refractivity contribution in [1.82, 2.24) is 9.97 Å². The fourth-order valence-electron chi connectivity index (χ4n) is 1.52. The molecular weight excluding hydrogens is 255 g/mol. The van der Waals surface area contributed by atoms with Crippen LogP contribution in [0.5, 0.6) is 0 Å². The maximum atomic E-state index is 13.5. The number of hydrogen-bond acceptors (Lipinski definition) is 4. The minimum absolute atomic E-state index is 0.0332. The van der Waals surface area contributed by atoms with Gasteiger partial charge < -0.3 is 5.43 Å². The molecule has 0 aliphatic rings. The predicted octanol–water partition coefficient (Wildman–Crippen LogP) is 2.84. The van der Waals surface area contributed by atoms with Crippen LogP contribution >= 0.6 is 11.6 Å². The van der Waals surface area contributed by atoms with Crippen LogP contribution in [-0.2, 0) is 0 Å². The smallest absolute Gasteiger partial charge is 0.187 e. The monoisotopic (exact) mass is 266 g/mol. The summed E-state index contributed by atoms with van der Waals surface area (Å²) in [5.41, 5.74) is 4.11. The standard InChI is InChI=1S/C12H12ClFN4/c1-6-3-4-8(5-9(6)13)11-16-7(2)10(14)12(17-11)18-15/h3-5H,15H2,1-2H3,(H,16,17,18). The molecule has 1 aromatic heterocycles. The molecule has 0 atom stereocenters. The van der Waals surface area contributed by atoms with Crippen LogP contribution in [0.15, 0.2) is 18.2 Å². The Hall–Kier alpha value is -1.72. The van der Waals surface area contributed by atoms with E-state index in [9.17, 15) is 4.39 Å². The molecule has 3 N–H and O–H groups in total. The van der Waals surface area contributed by atoms with E-state index in [1.807, 2.05) is 19.1 Å². The molecule has 0 saturated heterocycles. The van der Waals surface area contributed by atoms with Gasteiger partial charge >= 0.3 is 0 Å². The number of nitrogens with one attached hydrogen (secondary N) is 1. The van der Waals surface area contributed by atoms with E-state index >= 15 is 0 Å². The van der Waals surface area contributed by atoms with Crippen LogP contribution < -0.4 is 11.3 Å². The molecule has 94 valence electrons. The van der Waals surface area contributed by atoms with Crippen molar-refractivity contribution in [1.29, 1.82) is 0 Å². The van der Waals surface area contributed by atoms with E-state index in [4.69, 9.17) is 17.4 Å². The number of nitrogen functional groups attached to an aromatic ring is 1. The Morgan fingerprint density at radius 1 is 1.28 bits per heavy atom. The number of hydrogen-bond donors (Lipinski definition) is 2. The molecule has 18 heavy (non-hydrogen) atoms. The normalized spacial score (nSPS) is 10.5. The van der Waals surface area contributed by atoms with E-state index < -0.39 is 5.82 Å². The third kappa shape index (κ3) is 2.27. The van der Waals surface area contributed by atoms with Gasteiger partial charge in [-0.2, -0.15) is 0 Å². The number of nitrogens with zero attached hydrogens (tertiary/aromatic N) is 2. The molecule has 0 radical (unpaired) electrons. The molecule has 0 fully saturated rings. The average molecular weight is 267 g/mol. The van der Waals surface area contributed by atoms with Crippen molar-refractivity contribution in [3.8, 4) is 11.4 Å². The van der Waals surface area contributed by atoms with Crippen LogP contribution in [0.2, 0.25) is 5.02 Å². The largest absolute Gasteiger partial charge is 0.306 e. The summed E-state index contributed by atoms with van der Waals surface area (Å²) in [6.07, 6.45) is 0. The summed E-state index contributed by atoms with van der Waals surface area (Å²) in [7, 11) is 0. The van der Waals surface area contributed by atoms with Crippen molar-refractivity contribution in [2.45, 2.75) is 13.8 Å². The molecule has 0 saturated carbocycles. The lowest BCUT2D eigenvalue weighted by Crippen LogP contribution is -2.13. The van der Waals surface area contributed by atoms with Crippen LogP contribution in [0.3, 0.4) is 0 Å². The zero-order valence-electron chi connectivity index (χ0n) is 9.96. The summed E-state index contributed by atoms with van der Waals surface area (Å²) >= 11 is 6.04. The van der Waals surface area contributed by atoms with Gasteiger partial charge in [0, 0.05) is 10.6 Å². The van der Waals surface area contributed by atoms with Crippen molar-refractivity contribution in [3.63, 3.8) is 0 Å². The highest BCUT2D eigenvalue weighted by Gasteiger charge is 2.12. The highest BCUT2D eigenvalue weighted by Crippen LogP contribution is 2.25. The number of halogens is 2. The van der Waals surface area contributed by atoms with Crippen molar-refractivity contribution in [3.05, 3.63) is 40.3 Å². The topological polar surface area (TPSA) is 63.8 Å². The molecule has 1 heterocycles. The number of nitrogens with two attached hydrogens (primary N) is 1. The van der Waals surface area contributed by atoms with Gasteiger partial charge in [0.25, 0.3) is 0 Å². The number of hydrazine groups is 1. The molecule has 2 rings (SSSR count). The Bertz CT molecular complexity index is 601. The predicted molar refractivity (Wildman–Crippen MR) is 69.7 cm³/mol. The lowest BCUT2D eigenvalue weighted by atomic mass is 10.1. The second kappa shape index (κ2) is 4.88. The third-order valence-corrected chi connectivity index (χ3v) is 2.99. The van der Waals surface area contributed by atoms with Gasteiger partial charge in [0.05, 0.1) is 5.69 Å². The highest BCUT2D eigenvalue weighted by molar-refractivity contribution is 6.31. The SMILES string of the molecule is Cc1ccc(-c2nc(C)c(F)c(NN)n2)cc1Cl. The van der Waals surface area contributed by atoms with Crippen molar-refractivity contribution >= 4 is 17.4 Å². The summed E-state index contributed by atoms with van der Waals surface area (Å²) in [6, 6.07) is 5.42. The Morgan fingerprint density at radius 3 is 2.61 bits per heavy atom. The molecule has 0 amide bonds. The molecule has 6 heteroatoms. The minimum Gasteiger partial charge on any atom is -0.306 e. The Kier molecular flexibility index (Phi) is 3.45. The van der Waals surface area contributed by atoms with E-state index in [-0.39, 0.29) is 11.5 Å². The summed E-state index contributed by atoms with van der Waals surface area (Å²) in [6.45, 7) is 3.45. The number of aromatic nitrogens is 2. The summed E-state index contributed by atoms with van der Waals surface area (Å²) in [5, 5.41) is 0.611. The van der Waals surface area contributed by atoms with Crippen molar-refractivity contribution in [2.24, 2.45) is 5.84 Å². The van der Waals surface area contributed by atoms with Gasteiger partial charge in [-0.25, -0.2) is 20.2 Å². The fourth-order valence-corrected chi connectivity index (χ4v) is 1.70. The maximum absolute atomic E-state index is 13.5. The summed E-state index contributed by atoms with van der Waals surface area (Å²) < 4.78 is 13.5. The first kappa shape index (κ1) is 12.7. The molecule has 0 aliphatic heterocycles. The lowest BCUT2D eigenvalue weighted by Gasteiger charge is -2.08. The van der Waals surface area contributed by atoms with Gasteiger partial charge in [-0.3, -0.25) is 0 Å². The van der Waals surface area contributed by atoms with Crippen LogP contribution in [0.25, 0.3) is 11.4 Å². The van der Waals surface area contributed by atoms with Crippen LogP contribution in [0.4, 0.5) is 10.2 Å². The van der Waals surface area contributed by atoms with Gasteiger partial charge in [0.1, 0.15) is 0 Å². The van der Waals surface area contributed by atoms with Crippen molar-refractivity contribution in [2.75, 3.05) is 5.43 Å².